The molecule has 0 bridgehead atoms. The van der Waals surface area contributed by atoms with E-state index in [0.29, 0.717) is 20.0 Å². The average Bonchev–Trinajstić information content (AvgIpc) is 2.61. The first-order chi connectivity index (χ1) is 6.81. The lowest BCUT2D eigenvalue weighted by molar-refractivity contribution is 0.133. The summed E-state index contributed by atoms with van der Waals surface area (Å²) >= 11 is 3.46. The molecule has 3 nitrogen and oxygen atoms in total. The SMILES string of the molecule is CCOCc1cc2c(cc1Br)OCO2. The smallest absolute Gasteiger partial charge is 0.231 e. The summed E-state index contributed by atoms with van der Waals surface area (Å²) in [5.74, 6) is 1.58. The van der Waals surface area contributed by atoms with Gasteiger partial charge in [0.05, 0.1) is 6.61 Å². The molecule has 0 aliphatic carbocycles. The van der Waals surface area contributed by atoms with Crippen LogP contribution in [-0.4, -0.2) is 13.4 Å². The first-order valence-corrected chi connectivity index (χ1v) is 5.26. The molecule has 1 aliphatic rings. The molecule has 1 aromatic rings. The van der Waals surface area contributed by atoms with E-state index in [0.717, 1.165) is 21.5 Å². The van der Waals surface area contributed by atoms with Crippen molar-refractivity contribution in [2.24, 2.45) is 0 Å². The molecule has 2 rings (SSSR count). The Morgan fingerprint density at radius 1 is 1.36 bits per heavy atom. The average molecular weight is 259 g/mol. The molecule has 0 radical (unpaired) electrons. The summed E-state index contributed by atoms with van der Waals surface area (Å²) in [6.45, 7) is 3.58. The Bertz CT molecular complexity index is 338. The highest BCUT2D eigenvalue weighted by Gasteiger charge is 2.15. The van der Waals surface area contributed by atoms with E-state index in [4.69, 9.17) is 14.2 Å². The molecule has 0 saturated carbocycles. The summed E-state index contributed by atoms with van der Waals surface area (Å²) in [5.41, 5.74) is 1.08. The zero-order valence-electron chi connectivity index (χ0n) is 7.88. The first-order valence-electron chi connectivity index (χ1n) is 4.47. The minimum Gasteiger partial charge on any atom is -0.454 e. The summed E-state index contributed by atoms with van der Waals surface area (Å²) in [6, 6.07) is 3.86. The molecule has 0 aromatic heterocycles. The fourth-order valence-corrected chi connectivity index (χ4v) is 1.72. The van der Waals surface area contributed by atoms with Gasteiger partial charge >= 0.3 is 0 Å². The molecule has 0 fully saturated rings. The first kappa shape index (κ1) is 9.80. The van der Waals surface area contributed by atoms with Crippen molar-refractivity contribution >= 4 is 15.9 Å². The minimum absolute atomic E-state index is 0.305. The van der Waals surface area contributed by atoms with Crippen LogP contribution < -0.4 is 9.47 Å². The summed E-state index contributed by atoms with van der Waals surface area (Å²) in [4.78, 5) is 0. The number of fused-ring (bicyclic) bond motifs is 1. The fraction of sp³-hybridized carbons (Fsp3) is 0.400. The van der Waals surface area contributed by atoms with Gasteiger partial charge < -0.3 is 14.2 Å². The predicted octanol–water partition coefficient (Wildman–Crippen LogP) is 2.71. The largest absolute Gasteiger partial charge is 0.454 e. The normalized spacial score (nSPS) is 13.3. The van der Waals surface area contributed by atoms with E-state index in [1.807, 2.05) is 19.1 Å². The Hall–Kier alpha value is -0.740. The van der Waals surface area contributed by atoms with Crippen molar-refractivity contribution < 1.29 is 14.2 Å². The van der Waals surface area contributed by atoms with Crippen molar-refractivity contribution in [2.75, 3.05) is 13.4 Å². The summed E-state index contributed by atoms with van der Waals surface area (Å²) < 4.78 is 16.9. The lowest BCUT2D eigenvalue weighted by Crippen LogP contribution is -1.93. The van der Waals surface area contributed by atoms with Crippen LogP contribution in [0.1, 0.15) is 12.5 Å². The molecule has 76 valence electrons. The van der Waals surface area contributed by atoms with Gasteiger partial charge in [-0.2, -0.15) is 0 Å². The molecule has 1 aliphatic heterocycles. The van der Waals surface area contributed by atoms with E-state index in [2.05, 4.69) is 15.9 Å². The third-order valence-corrected chi connectivity index (χ3v) is 2.74. The second-order valence-electron chi connectivity index (χ2n) is 2.93. The van der Waals surface area contributed by atoms with Gasteiger partial charge in [0.1, 0.15) is 0 Å². The van der Waals surface area contributed by atoms with Crippen LogP contribution in [0.4, 0.5) is 0 Å². The van der Waals surface area contributed by atoms with Gasteiger partial charge in [0, 0.05) is 11.1 Å². The van der Waals surface area contributed by atoms with Crippen LogP contribution in [0.3, 0.4) is 0 Å². The van der Waals surface area contributed by atoms with Gasteiger partial charge in [-0.25, -0.2) is 0 Å². The van der Waals surface area contributed by atoms with Gasteiger partial charge in [-0.3, -0.25) is 0 Å². The molecule has 0 spiro atoms. The van der Waals surface area contributed by atoms with E-state index < -0.39 is 0 Å². The van der Waals surface area contributed by atoms with Crippen molar-refractivity contribution in [3.63, 3.8) is 0 Å². The highest BCUT2D eigenvalue weighted by atomic mass is 79.9. The molecule has 1 heterocycles. The molecular formula is C10H11BrO3. The van der Waals surface area contributed by atoms with E-state index in [1.165, 1.54) is 0 Å². The predicted molar refractivity (Wildman–Crippen MR) is 55.6 cm³/mol. The molecule has 0 amide bonds. The molecule has 1 aromatic carbocycles. The second-order valence-corrected chi connectivity index (χ2v) is 3.79. The quantitative estimate of drug-likeness (QED) is 0.835. The molecule has 0 N–H and O–H groups in total. The number of hydrogen-bond acceptors (Lipinski definition) is 3. The minimum atomic E-state index is 0.305. The highest BCUT2D eigenvalue weighted by molar-refractivity contribution is 9.10. The number of benzene rings is 1. The molecule has 0 saturated heterocycles. The summed E-state index contributed by atoms with van der Waals surface area (Å²) in [7, 11) is 0. The van der Waals surface area contributed by atoms with E-state index in [9.17, 15) is 0 Å². The van der Waals surface area contributed by atoms with Gasteiger partial charge in [-0.15, -0.1) is 0 Å². The monoisotopic (exact) mass is 258 g/mol. The third kappa shape index (κ3) is 1.86. The van der Waals surface area contributed by atoms with Crippen LogP contribution in [0, 0.1) is 0 Å². The summed E-state index contributed by atoms with van der Waals surface area (Å²) in [6.07, 6.45) is 0. The highest BCUT2D eigenvalue weighted by Crippen LogP contribution is 2.37. The van der Waals surface area contributed by atoms with Crippen LogP contribution in [0.2, 0.25) is 0 Å². The Kier molecular flexibility index (Phi) is 2.93. The van der Waals surface area contributed by atoms with Gasteiger partial charge in [-0.1, -0.05) is 15.9 Å². The van der Waals surface area contributed by atoms with Crippen molar-refractivity contribution in [2.45, 2.75) is 13.5 Å². The molecule has 0 atom stereocenters. The van der Waals surface area contributed by atoms with E-state index in [1.54, 1.807) is 0 Å². The van der Waals surface area contributed by atoms with E-state index >= 15 is 0 Å². The zero-order chi connectivity index (χ0) is 9.97. The number of rotatable bonds is 3. The topological polar surface area (TPSA) is 27.7 Å². The zero-order valence-corrected chi connectivity index (χ0v) is 9.46. The standard InChI is InChI=1S/C10H11BrO3/c1-2-12-5-7-3-9-10(4-8(7)11)14-6-13-9/h3-4H,2,5-6H2,1H3. The molecular weight excluding hydrogens is 248 g/mol. The van der Waals surface area contributed by atoms with Crippen LogP contribution in [0.5, 0.6) is 11.5 Å². The molecule has 4 heteroatoms. The fourth-order valence-electron chi connectivity index (χ4n) is 1.28. The molecule has 14 heavy (non-hydrogen) atoms. The van der Waals surface area contributed by atoms with Gasteiger partial charge in [0.15, 0.2) is 11.5 Å². The molecule has 0 unspecified atom stereocenters. The van der Waals surface area contributed by atoms with Gasteiger partial charge in [0.2, 0.25) is 6.79 Å². The van der Waals surface area contributed by atoms with Crippen molar-refractivity contribution in [3.8, 4) is 11.5 Å². The second kappa shape index (κ2) is 4.19. The Morgan fingerprint density at radius 2 is 2.07 bits per heavy atom. The number of halogens is 1. The maximum Gasteiger partial charge on any atom is 0.231 e. The Balaban J connectivity index is 2.23. The van der Waals surface area contributed by atoms with Crippen molar-refractivity contribution in [1.29, 1.82) is 0 Å². The van der Waals surface area contributed by atoms with Crippen molar-refractivity contribution in [1.82, 2.24) is 0 Å². The Labute approximate surface area is 91.1 Å². The third-order valence-electron chi connectivity index (χ3n) is 2.00. The Morgan fingerprint density at radius 3 is 2.79 bits per heavy atom. The van der Waals surface area contributed by atoms with Crippen LogP contribution in [0.25, 0.3) is 0 Å². The van der Waals surface area contributed by atoms with Gasteiger partial charge in [0.25, 0.3) is 0 Å². The lowest BCUT2D eigenvalue weighted by atomic mass is 10.2. The maximum absolute atomic E-state index is 5.33. The van der Waals surface area contributed by atoms with E-state index in [-0.39, 0.29) is 0 Å². The van der Waals surface area contributed by atoms with Crippen molar-refractivity contribution in [3.05, 3.63) is 22.2 Å². The summed E-state index contributed by atoms with van der Waals surface area (Å²) in [5, 5.41) is 0. The van der Waals surface area contributed by atoms with Crippen LogP contribution in [0.15, 0.2) is 16.6 Å². The van der Waals surface area contributed by atoms with Crippen LogP contribution in [-0.2, 0) is 11.3 Å². The van der Waals surface area contributed by atoms with Crippen LogP contribution >= 0.6 is 15.9 Å². The number of ether oxygens (including phenoxy) is 3. The lowest BCUT2D eigenvalue weighted by Gasteiger charge is -2.05. The van der Waals surface area contributed by atoms with Gasteiger partial charge in [-0.05, 0) is 24.6 Å². The number of hydrogen-bond donors (Lipinski definition) is 0. The maximum atomic E-state index is 5.33.